The SMILES string of the molecule is C[C@@H](O)[C@H]1C(=O)N2C(C(=O)[O-])=C(C3CCCO3)S[C@H]12.C[C@@H](O)[C@H]1C(=O)N2C(C(=O)[O-])=C(C3CCCO3)S[C@H]12.O.O.O.O.O.[Na+].[Na+]. The molecular formula is C24H38N2Na2O15S2. The monoisotopic (exact) mass is 704 g/mol. The maximum Gasteiger partial charge on any atom is 1.00 e. The number of carbonyl (C=O) groups is 4. The number of aliphatic hydroxyl groups is 2. The van der Waals surface area contributed by atoms with Crippen molar-refractivity contribution in [3.05, 3.63) is 21.2 Å². The van der Waals surface area contributed by atoms with Crippen molar-refractivity contribution in [1.29, 1.82) is 0 Å². The Morgan fingerprint density at radius 3 is 1.27 bits per heavy atom. The van der Waals surface area contributed by atoms with Gasteiger partial charge in [-0.25, -0.2) is 0 Å². The number of aliphatic hydroxyl groups excluding tert-OH is 2. The molecule has 6 aliphatic heterocycles. The summed E-state index contributed by atoms with van der Waals surface area (Å²) in [4.78, 5) is 50.1. The standard InChI is InChI=1S/2C12H15NO5S.2Na.5H2O/c2*1-5(14)7-10(15)13-8(12(16)17)9(19-11(7)13)6-3-2-4-18-6;;;;;;;/h2*5-7,11,14H,2-4H2,1H3,(H,16,17);;;5*1H2/q;;2*+1;;;;;/p-2/t2*5-,6?,7+,11-;;;;;;;/m11......./s1. The van der Waals surface area contributed by atoms with Crippen LogP contribution in [0, 0.1) is 11.8 Å². The van der Waals surface area contributed by atoms with Crippen LogP contribution in [0.25, 0.3) is 0 Å². The topological polar surface area (TPSA) is 337 Å². The molecule has 0 saturated carbocycles. The molecule has 21 heteroatoms. The van der Waals surface area contributed by atoms with Crippen molar-refractivity contribution in [1.82, 2.24) is 9.80 Å². The molecule has 4 fully saturated rings. The van der Waals surface area contributed by atoms with Crippen molar-refractivity contribution >= 4 is 47.3 Å². The van der Waals surface area contributed by atoms with Gasteiger partial charge in [0.25, 0.3) is 0 Å². The second-order valence-electron chi connectivity index (χ2n) is 9.97. The van der Waals surface area contributed by atoms with Crippen molar-refractivity contribution < 1.29 is 136 Å². The quantitative estimate of drug-likeness (QED) is 0.192. The van der Waals surface area contributed by atoms with Crippen LogP contribution in [0.15, 0.2) is 21.2 Å². The van der Waals surface area contributed by atoms with Gasteiger partial charge in [-0.05, 0) is 39.5 Å². The third kappa shape index (κ3) is 8.66. The van der Waals surface area contributed by atoms with Crippen molar-refractivity contribution in [3.63, 3.8) is 0 Å². The first-order valence-electron chi connectivity index (χ1n) is 12.5. The number of nitrogens with zero attached hydrogens (tertiary/aromatic N) is 2. The molecule has 12 N–H and O–H groups in total. The Bertz CT molecular complexity index is 1040. The van der Waals surface area contributed by atoms with Crippen LogP contribution < -0.4 is 69.3 Å². The molecule has 0 aliphatic carbocycles. The molecule has 248 valence electrons. The van der Waals surface area contributed by atoms with Crippen LogP contribution in [0.4, 0.5) is 0 Å². The minimum Gasteiger partial charge on any atom is -0.543 e. The number of ether oxygens (including phenoxy) is 2. The zero-order chi connectivity index (χ0) is 27.5. The largest absolute Gasteiger partial charge is 1.00 e. The van der Waals surface area contributed by atoms with Crippen LogP contribution in [0.3, 0.4) is 0 Å². The van der Waals surface area contributed by atoms with Gasteiger partial charge < -0.3 is 66.9 Å². The van der Waals surface area contributed by atoms with Crippen molar-refractivity contribution in [2.24, 2.45) is 11.8 Å². The summed E-state index contributed by atoms with van der Waals surface area (Å²) in [6.45, 7) is 4.30. The van der Waals surface area contributed by atoms with Gasteiger partial charge in [0.1, 0.15) is 10.7 Å². The molecule has 6 aliphatic rings. The zero-order valence-corrected chi connectivity index (χ0v) is 30.9. The molecule has 0 aromatic rings. The average molecular weight is 705 g/mol. The number of β-lactam (4-membered cyclic amide) rings is 2. The summed E-state index contributed by atoms with van der Waals surface area (Å²) in [5.74, 6) is -4.48. The Morgan fingerprint density at radius 2 is 1.04 bits per heavy atom. The zero-order valence-electron chi connectivity index (χ0n) is 25.2. The molecule has 6 heterocycles. The summed E-state index contributed by atoms with van der Waals surface area (Å²) >= 11 is 2.63. The Kier molecular flexibility index (Phi) is 21.4. The summed E-state index contributed by atoms with van der Waals surface area (Å²) in [5.41, 5.74) is -0.132. The minimum absolute atomic E-state index is 0. The Morgan fingerprint density at radius 1 is 0.733 bits per heavy atom. The van der Waals surface area contributed by atoms with Gasteiger partial charge in [-0.1, -0.05) is 23.5 Å². The van der Waals surface area contributed by atoms with Gasteiger partial charge in [-0.3, -0.25) is 19.4 Å². The number of hydrogen-bond donors (Lipinski definition) is 2. The molecule has 17 nitrogen and oxygen atoms in total. The fourth-order valence-corrected chi connectivity index (χ4v) is 9.01. The van der Waals surface area contributed by atoms with Crippen LogP contribution in [0.2, 0.25) is 0 Å². The normalized spacial score (nSPS) is 29.9. The van der Waals surface area contributed by atoms with E-state index in [9.17, 15) is 39.6 Å². The number of amides is 2. The number of thioether (sulfide) groups is 2. The predicted molar refractivity (Wildman–Crippen MR) is 147 cm³/mol. The fraction of sp³-hybridized carbons (Fsp3) is 0.667. The second kappa shape index (κ2) is 19.6. The number of fused-ring (bicyclic) bond motifs is 2. The van der Waals surface area contributed by atoms with Crippen LogP contribution in [0.5, 0.6) is 0 Å². The average Bonchev–Trinajstić information content (AvgIpc) is 3.61. The Balaban J connectivity index is -0.000000678. The Labute approximate surface area is 311 Å². The van der Waals surface area contributed by atoms with E-state index in [0.29, 0.717) is 23.0 Å². The minimum atomic E-state index is -1.35. The van der Waals surface area contributed by atoms with Gasteiger partial charge in [0, 0.05) is 23.0 Å². The first kappa shape index (κ1) is 49.1. The maximum atomic E-state index is 11.9. The van der Waals surface area contributed by atoms with E-state index in [4.69, 9.17) is 9.47 Å². The van der Waals surface area contributed by atoms with Gasteiger partial charge in [-0.15, -0.1) is 0 Å². The predicted octanol–water partition coefficient (Wildman–Crippen LogP) is -12.0. The molecule has 2 unspecified atom stereocenters. The number of aliphatic carboxylic acids is 2. The second-order valence-corrected chi connectivity index (χ2v) is 12.3. The first-order valence-corrected chi connectivity index (χ1v) is 14.3. The summed E-state index contributed by atoms with van der Waals surface area (Å²) in [6, 6.07) is 0. The number of rotatable bonds is 6. The third-order valence-corrected chi connectivity index (χ3v) is 10.4. The number of carboxylic acid groups (broad SMARTS) is 2. The van der Waals surface area contributed by atoms with Crippen molar-refractivity contribution in [2.75, 3.05) is 13.2 Å². The van der Waals surface area contributed by atoms with Gasteiger partial charge in [0.2, 0.25) is 11.8 Å². The van der Waals surface area contributed by atoms with E-state index in [1.54, 1.807) is 13.8 Å². The molecule has 0 aromatic heterocycles. The fourth-order valence-electron chi connectivity index (χ4n) is 5.62. The van der Waals surface area contributed by atoms with Crippen molar-refractivity contribution in [2.45, 2.75) is 74.7 Å². The molecule has 4 saturated heterocycles. The molecule has 45 heavy (non-hydrogen) atoms. The number of hydrogen-bond acceptors (Lipinski definition) is 12. The van der Waals surface area contributed by atoms with E-state index in [2.05, 4.69) is 0 Å². The van der Waals surface area contributed by atoms with Gasteiger partial charge in [0.05, 0.1) is 59.6 Å². The molecule has 0 radical (unpaired) electrons. The maximum absolute atomic E-state index is 11.9. The van der Waals surface area contributed by atoms with Gasteiger partial charge in [0.15, 0.2) is 0 Å². The number of carbonyl (C=O) groups excluding carboxylic acids is 4. The van der Waals surface area contributed by atoms with Gasteiger partial charge >= 0.3 is 59.1 Å². The van der Waals surface area contributed by atoms with Crippen LogP contribution in [-0.4, -0.2) is 120 Å². The summed E-state index contributed by atoms with van der Waals surface area (Å²) in [5, 5.41) is 41.1. The first-order chi connectivity index (χ1) is 18.0. The van der Waals surface area contributed by atoms with E-state index < -0.39 is 36.0 Å². The molecule has 0 bridgehead atoms. The van der Waals surface area contributed by atoms with Crippen LogP contribution in [0.1, 0.15) is 39.5 Å². The van der Waals surface area contributed by atoms with E-state index in [1.165, 1.54) is 33.3 Å². The molecule has 6 rings (SSSR count). The molecule has 2 amide bonds. The van der Waals surface area contributed by atoms with E-state index in [-0.39, 0.29) is 133 Å². The number of carboxylic acids is 2. The molecule has 8 atom stereocenters. The Hall–Kier alpha value is -0.300. The smallest absolute Gasteiger partial charge is 0.543 e. The molecular weight excluding hydrogens is 666 g/mol. The van der Waals surface area contributed by atoms with E-state index in [1.807, 2.05) is 0 Å². The van der Waals surface area contributed by atoms with Crippen LogP contribution >= 0.6 is 23.5 Å². The molecule has 0 aromatic carbocycles. The molecule has 0 spiro atoms. The third-order valence-electron chi connectivity index (χ3n) is 7.48. The summed E-state index contributed by atoms with van der Waals surface area (Å²) < 4.78 is 11.0. The summed E-state index contributed by atoms with van der Waals surface area (Å²) in [6.07, 6.45) is 1.19. The summed E-state index contributed by atoms with van der Waals surface area (Å²) in [7, 11) is 0. The van der Waals surface area contributed by atoms with Crippen LogP contribution in [-0.2, 0) is 28.7 Å². The van der Waals surface area contributed by atoms with Crippen molar-refractivity contribution in [3.8, 4) is 0 Å². The van der Waals surface area contributed by atoms with E-state index in [0.717, 1.165) is 25.7 Å². The van der Waals surface area contributed by atoms with Gasteiger partial charge in [-0.2, -0.15) is 0 Å². The van der Waals surface area contributed by atoms with E-state index >= 15 is 0 Å².